The van der Waals surface area contributed by atoms with Crippen LogP contribution in [0.3, 0.4) is 0 Å². The van der Waals surface area contributed by atoms with E-state index in [0.717, 1.165) is 37.4 Å². The van der Waals surface area contributed by atoms with Crippen LogP contribution in [-0.2, 0) is 0 Å². The third-order valence-corrected chi connectivity index (χ3v) is 3.22. The molecule has 6 heteroatoms. The van der Waals surface area contributed by atoms with E-state index in [2.05, 4.69) is 10.2 Å². The van der Waals surface area contributed by atoms with Gasteiger partial charge in [-0.25, -0.2) is 0 Å². The number of hydrogen-bond acceptors (Lipinski definition) is 4. The molecule has 1 N–H and O–H groups in total. The van der Waals surface area contributed by atoms with Gasteiger partial charge in [0.1, 0.15) is 5.02 Å². The highest BCUT2D eigenvalue weighted by Gasteiger charge is 2.19. The van der Waals surface area contributed by atoms with Crippen LogP contribution in [0, 0.1) is 17.0 Å². The number of piperazine rings is 1. The zero-order valence-electron chi connectivity index (χ0n) is 9.57. The summed E-state index contributed by atoms with van der Waals surface area (Å²) < 4.78 is 0. The Morgan fingerprint density at radius 1 is 1.41 bits per heavy atom. The largest absolute Gasteiger partial charge is 0.369 e. The van der Waals surface area contributed by atoms with E-state index in [1.807, 2.05) is 6.92 Å². The molecule has 0 unspecified atom stereocenters. The van der Waals surface area contributed by atoms with Crippen LogP contribution in [0.1, 0.15) is 5.56 Å². The lowest BCUT2D eigenvalue weighted by atomic mass is 10.1. The molecule has 0 saturated carbocycles. The van der Waals surface area contributed by atoms with Gasteiger partial charge in [0, 0.05) is 37.9 Å². The number of nitrogens with zero attached hydrogens (tertiary/aromatic N) is 2. The standard InChI is InChI=1S/C11H14ClN3O2/c1-8-6-9(12)11(15(16)17)7-10(8)14-4-2-13-3-5-14/h6-7,13H,2-5H2,1H3. The van der Waals surface area contributed by atoms with Crippen LogP contribution in [-0.4, -0.2) is 31.1 Å². The van der Waals surface area contributed by atoms with E-state index in [1.54, 1.807) is 12.1 Å². The molecule has 17 heavy (non-hydrogen) atoms. The quantitative estimate of drug-likeness (QED) is 0.648. The summed E-state index contributed by atoms with van der Waals surface area (Å²) in [5, 5.41) is 14.3. The average molecular weight is 256 g/mol. The maximum Gasteiger partial charge on any atom is 0.289 e. The SMILES string of the molecule is Cc1cc(Cl)c([N+](=O)[O-])cc1N1CCNCC1. The second kappa shape index (κ2) is 4.89. The average Bonchev–Trinajstić information content (AvgIpc) is 2.29. The molecule has 0 spiro atoms. The zero-order chi connectivity index (χ0) is 12.4. The highest BCUT2D eigenvalue weighted by Crippen LogP contribution is 2.32. The third kappa shape index (κ3) is 2.50. The van der Waals surface area contributed by atoms with Crippen molar-refractivity contribution in [2.45, 2.75) is 6.92 Å². The first-order valence-electron chi connectivity index (χ1n) is 5.50. The van der Waals surface area contributed by atoms with E-state index in [0.29, 0.717) is 0 Å². The van der Waals surface area contributed by atoms with E-state index in [1.165, 1.54) is 0 Å². The Labute approximate surface area is 105 Å². The van der Waals surface area contributed by atoms with Gasteiger partial charge in [-0.2, -0.15) is 0 Å². The van der Waals surface area contributed by atoms with Crippen molar-refractivity contribution in [1.82, 2.24) is 5.32 Å². The zero-order valence-corrected chi connectivity index (χ0v) is 10.3. The molecule has 2 rings (SSSR count). The van der Waals surface area contributed by atoms with Crippen molar-refractivity contribution in [3.63, 3.8) is 0 Å². The Morgan fingerprint density at radius 3 is 2.65 bits per heavy atom. The molecule has 5 nitrogen and oxygen atoms in total. The highest BCUT2D eigenvalue weighted by molar-refractivity contribution is 6.32. The smallest absolute Gasteiger partial charge is 0.289 e. The normalized spacial score (nSPS) is 16.0. The minimum atomic E-state index is -0.437. The van der Waals surface area contributed by atoms with Gasteiger partial charge in [-0.15, -0.1) is 0 Å². The molecule has 0 aliphatic carbocycles. The van der Waals surface area contributed by atoms with Crippen LogP contribution in [0.5, 0.6) is 0 Å². The summed E-state index contributed by atoms with van der Waals surface area (Å²) in [5.74, 6) is 0. The van der Waals surface area contributed by atoms with E-state index in [4.69, 9.17) is 11.6 Å². The van der Waals surface area contributed by atoms with E-state index >= 15 is 0 Å². The molecule has 1 aromatic rings. The number of nitrogens with one attached hydrogen (secondary N) is 1. The summed E-state index contributed by atoms with van der Waals surface area (Å²) >= 11 is 5.86. The van der Waals surface area contributed by atoms with E-state index in [-0.39, 0.29) is 10.7 Å². The number of anilines is 1. The van der Waals surface area contributed by atoms with Gasteiger partial charge in [0.2, 0.25) is 0 Å². The Kier molecular flexibility index (Phi) is 3.49. The van der Waals surface area contributed by atoms with Gasteiger partial charge < -0.3 is 10.2 Å². The summed E-state index contributed by atoms with van der Waals surface area (Å²) in [6.07, 6.45) is 0. The van der Waals surface area contributed by atoms with Crippen LogP contribution in [0.2, 0.25) is 5.02 Å². The number of nitro groups is 1. The molecule has 0 aromatic heterocycles. The lowest BCUT2D eigenvalue weighted by Crippen LogP contribution is -2.43. The second-order valence-electron chi connectivity index (χ2n) is 4.08. The van der Waals surface area contributed by atoms with Crippen LogP contribution in [0.15, 0.2) is 12.1 Å². The number of nitro benzene ring substituents is 1. The Balaban J connectivity index is 2.38. The highest BCUT2D eigenvalue weighted by atomic mass is 35.5. The first-order valence-corrected chi connectivity index (χ1v) is 5.87. The summed E-state index contributed by atoms with van der Waals surface area (Å²) in [4.78, 5) is 12.6. The minimum Gasteiger partial charge on any atom is -0.369 e. The first kappa shape index (κ1) is 12.1. The van der Waals surface area contributed by atoms with Gasteiger partial charge in [0.15, 0.2) is 0 Å². The Morgan fingerprint density at radius 2 is 2.06 bits per heavy atom. The molecule has 0 bridgehead atoms. The molecule has 1 heterocycles. The molecule has 92 valence electrons. The third-order valence-electron chi connectivity index (χ3n) is 2.92. The maximum atomic E-state index is 10.9. The van der Waals surface area contributed by atoms with E-state index < -0.39 is 4.92 Å². The fraction of sp³-hybridized carbons (Fsp3) is 0.455. The first-order chi connectivity index (χ1) is 8.09. The van der Waals surface area contributed by atoms with Gasteiger partial charge >= 0.3 is 0 Å². The maximum absolute atomic E-state index is 10.9. The summed E-state index contributed by atoms with van der Waals surface area (Å²) in [6.45, 7) is 5.44. The van der Waals surface area contributed by atoms with Gasteiger partial charge in [0.25, 0.3) is 5.69 Å². The van der Waals surface area contributed by atoms with Gasteiger partial charge in [-0.05, 0) is 18.6 Å². The van der Waals surface area contributed by atoms with Crippen molar-refractivity contribution in [1.29, 1.82) is 0 Å². The lowest BCUT2D eigenvalue weighted by Gasteiger charge is -2.30. The predicted molar refractivity (Wildman–Crippen MR) is 67.9 cm³/mol. The van der Waals surface area contributed by atoms with Crippen LogP contribution >= 0.6 is 11.6 Å². The Hall–Kier alpha value is -1.33. The van der Waals surface area contributed by atoms with E-state index in [9.17, 15) is 10.1 Å². The number of aryl methyl sites for hydroxylation is 1. The molecule has 0 amide bonds. The number of halogens is 1. The number of hydrogen-bond donors (Lipinski definition) is 1. The van der Waals surface area contributed by atoms with Crippen molar-refractivity contribution in [3.8, 4) is 0 Å². The fourth-order valence-electron chi connectivity index (χ4n) is 2.04. The summed E-state index contributed by atoms with van der Waals surface area (Å²) in [6, 6.07) is 3.24. The van der Waals surface area contributed by atoms with Crippen molar-refractivity contribution in [3.05, 3.63) is 32.8 Å². The van der Waals surface area contributed by atoms with Gasteiger partial charge in [-0.3, -0.25) is 10.1 Å². The fourth-order valence-corrected chi connectivity index (χ4v) is 2.32. The summed E-state index contributed by atoms with van der Waals surface area (Å²) in [5.41, 5.74) is 1.86. The molecule has 1 fully saturated rings. The van der Waals surface area contributed by atoms with Crippen molar-refractivity contribution < 1.29 is 4.92 Å². The molecule has 1 saturated heterocycles. The monoisotopic (exact) mass is 255 g/mol. The molecule has 0 atom stereocenters. The molecule has 1 aliphatic heterocycles. The minimum absolute atomic E-state index is 0.0224. The molecule has 1 aromatic carbocycles. The second-order valence-corrected chi connectivity index (χ2v) is 4.49. The topological polar surface area (TPSA) is 58.4 Å². The lowest BCUT2D eigenvalue weighted by molar-refractivity contribution is -0.384. The summed E-state index contributed by atoms with van der Waals surface area (Å²) in [7, 11) is 0. The van der Waals surface area contributed by atoms with Crippen molar-refractivity contribution in [2.24, 2.45) is 0 Å². The van der Waals surface area contributed by atoms with Crippen LogP contribution < -0.4 is 10.2 Å². The molecular formula is C11H14ClN3O2. The number of benzene rings is 1. The van der Waals surface area contributed by atoms with Crippen LogP contribution in [0.4, 0.5) is 11.4 Å². The molecular weight excluding hydrogens is 242 g/mol. The van der Waals surface area contributed by atoms with Gasteiger partial charge in [-0.1, -0.05) is 11.6 Å². The predicted octanol–water partition coefficient (Wildman–Crippen LogP) is 1.97. The van der Waals surface area contributed by atoms with Crippen LogP contribution in [0.25, 0.3) is 0 Å². The Bertz CT molecular complexity index is 445. The number of rotatable bonds is 2. The molecule has 1 aliphatic rings. The van der Waals surface area contributed by atoms with Crippen molar-refractivity contribution in [2.75, 3.05) is 31.1 Å². The van der Waals surface area contributed by atoms with Gasteiger partial charge in [0.05, 0.1) is 4.92 Å². The molecule has 0 radical (unpaired) electrons. The van der Waals surface area contributed by atoms with Crippen molar-refractivity contribution >= 4 is 23.0 Å².